The summed E-state index contributed by atoms with van der Waals surface area (Å²) in [5, 5.41) is 10.9. The topological polar surface area (TPSA) is 81.7 Å². The van der Waals surface area contributed by atoms with Crippen molar-refractivity contribution in [2.75, 3.05) is 19.8 Å². The van der Waals surface area contributed by atoms with Crippen LogP contribution < -0.4 is 0 Å². The van der Waals surface area contributed by atoms with Crippen molar-refractivity contribution >= 4 is 7.75 Å². The summed E-state index contributed by atoms with van der Waals surface area (Å²) in [6.07, 6.45) is 0.301. The zero-order chi connectivity index (χ0) is 12.0. The van der Waals surface area contributed by atoms with E-state index in [9.17, 15) is 14.7 Å². The molecule has 0 aliphatic carbocycles. The third-order valence-electron chi connectivity index (χ3n) is 3.18. The maximum atomic E-state index is 12.1. The number of rotatable bonds is 3. The highest BCUT2D eigenvalue weighted by molar-refractivity contribution is 7.51. The molecule has 0 amide bonds. The van der Waals surface area contributed by atoms with Gasteiger partial charge in [-0.1, -0.05) is 6.92 Å². The fourth-order valence-corrected chi connectivity index (χ4v) is 3.73. The SMILES string of the molecule is CCC1([N+](=O)[O-])COP(=O)(N2CC2C)OC1. The standard InChI is InChI=1S/C8H15N2O5P/c1-3-8(10(11)12)5-14-16(13,15-6-8)9-4-7(9)2/h7H,3-6H2,1-2H3. The molecule has 0 radical (unpaired) electrons. The van der Waals surface area contributed by atoms with E-state index in [-0.39, 0.29) is 19.3 Å². The van der Waals surface area contributed by atoms with Crippen LogP contribution in [0.2, 0.25) is 0 Å². The first kappa shape index (κ1) is 12.0. The van der Waals surface area contributed by atoms with Crippen LogP contribution in [0.25, 0.3) is 0 Å². The van der Waals surface area contributed by atoms with Gasteiger partial charge in [-0.15, -0.1) is 0 Å². The zero-order valence-electron chi connectivity index (χ0n) is 9.29. The second-order valence-electron chi connectivity index (χ2n) is 4.32. The highest BCUT2D eigenvalue weighted by atomic mass is 31.2. The average Bonchev–Trinajstić information content (AvgIpc) is 2.98. The molecule has 2 rings (SSSR count). The molecule has 2 fully saturated rings. The van der Waals surface area contributed by atoms with Gasteiger partial charge in [-0.3, -0.25) is 19.2 Å². The van der Waals surface area contributed by atoms with E-state index in [2.05, 4.69) is 0 Å². The highest BCUT2D eigenvalue weighted by Crippen LogP contribution is 2.61. The number of hydrogen-bond donors (Lipinski definition) is 0. The lowest BCUT2D eigenvalue weighted by molar-refractivity contribution is -0.578. The number of hydrogen-bond acceptors (Lipinski definition) is 5. The van der Waals surface area contributed by atoms with Crippen molar-refractivity contribution in [1.82, 2.24) is 4.67 Å². The van der Waals surface area contributed by atoms with Gasteiger partial charge >= 0.3 is 7.75 Å². The molecule has 0 saturated carbocycles. The first-order chi connectivity index (χ1) is 7.43. The molecule has 2 aliphatic rings. The molecule has 2 aliphatic heterocycles. The molecule has 0 spiro atoms. The molecule has 0 aromatic carbocycles. The Morgan fingerprint density at radius 2 is 2.06 bits per heavy atom. The molecule has 7 nitrogen and oxygen atoms in total. The van der Waals surface area contributed by atoms with Crippen molar-refractivity contribution < 1.29 is 18.5 Å². The lowest BCUT2D eigenvalue weighted by Gasteiger charge is -2.32. The number of nitro groups is 1. The fourth-order valence-electron chi connectivity index (χ4n) is 1.63. The molecule has 8 heteroatoms. The highest BCUT2D eigenvalue weighted by Gasteiger charge is 2.56. The van der Waals surface area contributed by atoms with Gasteiger partial charge in [-0.2, -0.15) is 0 Å². The zero-order valence-corrected chi connectivity index (χ0v) is 10.2. The van der Waals surface area contributed by atoms with Crippen LogP contribution in [0.5, 0.6) is 0 Å². The Balaban J connectivity index is 2.06. The van der Waals surface area contributed by atoms with Gasteiger partial charge in [0.25, 0.3) is 5.54 Å². The van der Waals surface area contributed by atoms with Gasteiger partial charge in [0.05, 0.1) is 0 Å². The molecule has 0 aromatic rings. The average molecular weight is 250 g/mol. The summed E-state index contributed by atoms with van der Waals surface area (Å²) < 4.78 is 24.0. The minimum Gasteiger partial charge on any atom is -0.289 e. The molecule has 16 heavy (non-hydrogen) atoms. The van der Waals surface area contributed by atoms with Crippen molar-refractivity contribution in [1.29, 1.82) is 0 Å². The minimum atomic E-state index is -3.23. The summed E-state index contributed by atoms with van der Waals surface area (Å²) in [5.41, 5.74) is -1.24. The van der Waals surface area contributed by atoms with E-state index in [4.69, 9.17) is 9.05 Å². The third kappa shape index (κ3) is 1.78. The maximum Gasteiger partial charge on any atom is 0.409 e. The van der Waals surface area contributed by atoms with Gasteiger partial charge in [0.2, 0.25) is 0 Å². The summed E-state index contributed by atoms with van der Waals surface area (Å²) in [5.74, 6) is 0. The molecule has 0 bridgehead atoms. The van der Waals surface area contributed by atoms with E-state index in [0.29, 0.717) is 13.0 Å². The fraction of sp³-hybridized carbons (Fsp3) is 1.00. The molecular weight excluding hydrogens is 235 g/mol. The predicted octanol–water partition coefficient (Wildman–Crippen LogP) is 1.27. The summed E-state index contributed by atoms with van der Waals surface area (Å²) in [4.78, 5) is 10.5. The van der Waals surface area contributed by atoms with Crippen LogP contribution in [-0.2, 0) is 13.6 Å². The molecule has 0 aromatic heterocycles. The first-order valence-electron chi connectivity index (χ1n) is 5.24. The van der Waals surface area contributed by atoms with Gasteiger partial charge in [0.15, 0.2) is 0 Å². The van der Waals surface area contributed by atoms with E-state index in [0.717, 1.165) is 0 Å². The Labute approximate surface area is 93.4 Å². The lowest BCUT2D eigenvalue weighted by atomic mass is 10.0. The van der Waals surface area contributed by atoms with Gasteiger partial charge in [0, 0.05) is 23.9 Å². The summed E-state index contributed by atoms with van der Waals surface area (Å²) in [7, 11) is -3.23. The van der Waals surface area contributed by atoms with E-state index in [1.807, 2.05) is 6.92 Å². The Hall–Kier alpha value is -0.490. The van der Waals surface area contributed by atoms with Crippen molar-refractivity contribution in [3.8, 4) is 0 Å². The van der Waals surface area contributed by atoms with Gasteiger partial charge < -0.3 is 0 Å². The summed E-state index contributed by atoms with van der Waals surface area (Å²) in [6, 6.07) is 0.176. The van der Waals surface area contributed by atoms with E-state index in [1.54, 1.807) is 11.6 Å². The molecular formula is C8H15N2O5P. The smallest absolute Gasteiger partial charge is 0.289 e. The van der Waals surface area contributed by atoms with Crippen LogP contribution >= 0.6 is 7.75 Å². The summed E-state index contributed by atoms with van der Waals surface area (Å²) >= 11 is 0. The van der Waals surface area contributed by atoms with Crippen LogP contribution in [0, 0.1) is 10.1 Å². The second kappa shape index (κ2) is 3.77. The van der Waals surface area contributed by atoms with Crippen LogP contribution in [0.3, 0.4) is 0 Å². The van der Waals surface area contributed by atoms with E-state index >= 15 is 0 Å². The van der Waals surface area contributed by atoms with E-state index in [1.165, 1.54) is 0 Å². The normalized spacial score (nSPS) is 47.6. The van der Waals surface area contributed by atoms with E-state index < -0.39 is 18.2 Å². The van der Waals surface area contributed by atoms with Crippen molar-refractivity contribution in [3.63, 3.8) is 0 Å². The molecule has 2 atom stereocenters. The second-order valence-corrected chi connectivity index (χ2v) is 6.29. The van der Waals surface area contributed by atoms with Crippen LogP contribution in [0.1, 0.15) is 20.3 Å². The summed E-state index contributed by atoms with van der Waals surface area (Å²) in [6.45, 7) is 3.98. The minimum absolute atomic E-state index is 0.142. The van der Waals surface area contributed by atoms with Crippen LogP contribution in [0.4, 0.5) is 0 Å². The maximum absolute atomic E-state index is 12.1. The molecule has 0 N–H and O–H groups in total. The van der Waals surface area contributed by atoms with Crippen molar-refractivity contribution in [2.24, 2.45) is 0 Å². The van der Waals surface area contributed by atoms with Crippen molar-refractivity contribution in [2.45, 2.75) is 31.8 Å². The van der Waals surface area contributed by atoms with Gasteiger partial charge in [0.1, 0.15) is 13.2 Å². The molecule has 2 unspecified atom stereocenters. The Kier molecular flexibility index (Phi) is 2.82. The largest absolute Gasteiger partial charge is 0.409 e. The van der Waals surface area contributed by atoms with Crippen molar-refractivity contribution in [3.05, 3.63) is 10.1 Å². The third-order valence-corrected chi connectivity index (χ3v) is 5.28. The Morgan fingerprint density at radius 1 is 1.56 bits per heavy atom. The van der Waals surface area contributed by atoms with Gasteiger partial charge in [-0.25, -0.2) is 9.24 Å². The quantitative estimate of drug-likeness (QED) is 0.324. The Bertz CT molecular complexity index is 348. The molecule has 2 saturated heterocycles. The lowest BCUT2D eigenvalue weighted by Crippen LogP contribution is -2.49. The van der Waals surface area contributed by atoms with Crippen LogP contribution in [-0.4, -0.2) is 40.9 Å². The number of nitrogens with zero attached hydrogens (tertiary/aromatic N) is 2. The van der Waals surface area contributed by atoms with Crippen LogP contribution in [0.15, 0.2) is 0 Å². The van der Waals surface area contributed by atoms with Gasteiger partial charge in [-0.05, 0) is 6.92 Å². The monoisotopic (exact) mass is 250 g/mol. The first-order valence-corrected chi connectivity index (χ1v) is 6.74. The Morgan fingerprint density at radius 3 is 2.38 bits per heavy atom. The predicted molar refractivity (Wildman–Crippen MR) is 55.7 cm³/mol. The molecule has 92 valence electrons. The molecule has 2 heterocycles.